The maximum atomic E-state index is 12.2. The van der Waals surface area contributed by atoms with E-state index in [1.54, 1.807) is 18.2 Å². The summed E-state index contributed by atoms with van der Waals surface area (Å²) in [5.41, 5.74) is 2.54. The van der Waals surface area contributed by atoms with Crippen molar-refractivity contribution in [2.45, 2.75) is 0 Å². The molecule has 1 amide bonds. The first-order valence-electron chi connectivity index (χ1n) is 9.77. The Bertz CT molecular complexity index is 1040. The first-order chi connectivity index (χ1) is 15.0. The Kier molecular flexibility index (Phi) is 7.53. The van der Waals surface area contributed by atoms with Gasteiger partial charge >= 0.3 is 0 Å². The van der Waals surface area contributed by atoms with E-state index >= 15 is 0 Å². The molecule has 0 aromatic heterocycles. The number of carbonyl (C=O) groups excluding carboxylic acids is 1. The van der Waals surface area contributed by atoms with Crippen LogP contribution in [-0.2, 0) is 9.53 Å². The van der Waals surface area contributed by atoms with Crippen molar-refractivity contribution in [1.29, 1.82) is 0 Å². The zero-order valence-electron chi connectivity index (χ0n) is 16.5. The molecule has 9 heteroatoms. The lowest BCUT2D eigenvalue weighted by molar-refractivity contribution is -0.115. The highest BCUT2D eigenvalue weighted by molar-refractivity contribution is 8.26. The topological polar surface area (TPSA) is 50.8 Å². The summed E-state index contributed by atoms with van der Waals surface area (Å²) >= 11 is 18.8. The molecule has 0 spiro atoms. The Morgan fingerprint density at radius 1 is 1.19 bits per heavy atom. The minimum Gasteiger partial charge on any atom is -0.492 e. The molecule has 0 bridgehead atoms. The van der Waals surface area contributed by atoms with Crippen LogP contribution in [0.25, 0.3) is 17.2 Å². The number of carbonyl (C=O) groups is 1. The number of hydrogen-bond acceptors (Lipinski definition) is 6. The molecule has 0 unspecified atom stereocenters. The zero-order valence-corrected chi connectivity index (χ0v) is 19.7. The molecule has 2 aromatic rings. The summed E-state index contributed by atoms with van der Waals surface area (Å²) in [6.45, 7) is 4.66. The van der Waals surface area contributed by atoms with Gasteiger partial charge in [0.05, 0.1) is 18.1 Å². The normalized spacial score (nSPS) is 18.5. The van der Waals surface area contributed by atoms with Gasteiger partial charge in [-0.3, -0.25) is 9.69 Å². The second kappa shape index (κ2) is 10.3. The van der Waals surface area contributed by atoms with Crippen molar-refractivity contribution < 1.29 is 14.3 Å². The van der Waals surface area contributed by atoms with Crippen LogP contribution in [0, 0.1) is 0 Å². The summed E-state index contributed by atoms with van der Waals surface area (Å²) in [7, 11) is 0. The summed E-state index contributed by atoms with van der Waals surface area (Å²) in [5, 5.41) is 3.78. The van der Waals surface area contributed by atoms with Crippen LogP contribution in [0.5, 0.6) is 5.75 Å². The summed E-state index contributed by atoms with van der Waals surface area (Å²) in [6.07, 6.45) is 1.80. The van der Waals surface area contributed by atoms with Gasteiger partial charge < -0.3 is 14.8 Å². The first kappa shape index (κ1) is 22.6. The highest BCUT2D eigenvalue weighted by Gasteiger charge is 2.23. The van der Waals surface area contributed by atoms with E-state index in [2.05, 4.69) is 10.2 Å². The van der Waals surface area contributed by atoms with Gasteiger partial charge in [-0.2, -0.15) is 0 Å². The average molecular weight is 495 g/mol. The Balaban J connectivity index is 1.61. The fraction of sp³-hybridized carbons (Fsp3) is 0.273. The molecular weight excluding hydrogens is 475 g/mol. The Morgan fingerprint density at radius 2 is 2.00 bits per heavy atom. The van der Waals surface area contributed by atoms with E-state index < -0.39 is 0 Å². The fourth-order valence-electron chi connectivity index (χ4n) is 3.36. The van der Waals surface area contributed by atoms with Crippen molar-refractivity contribution in [1.82, 2.24) is 10.2 Å². The number of nitrogens with zero attached hydrogens (tertiary/aromatic N) is 1. The zero-order chi connectivity index (χ0) is 21.8. The van der Waals surface area contributed by atoms with E-state index in [4.69, 9.17) is 44.9 Å². The van der Waals surface area contributed by atoms with E-state index in [9.17, 15) is 4.79 Å². The van der Waals surface area contributed by atoms with E-state index in [0.717, 1.165) is 49.5 Å². The van der Waals surface area contributed by atoms with Crippen LogP contribution in [0.4, 0.5) is 0 Å². The SMILES string of the molecule is O=C1NC(=S)SC1=Cc1cc(-c2ccc(Cl)cc2Cl)ccc1OCCN1CCOCC1. The van der Waals surface area contributed by atoms with Gasteiger partial charge in [0.15, 0.2) is 0 Å². The molecule has 1 N–H and O–H groups in total. The van der Waals surface area contributed by atoms with Crippen molar-refractivity contribution in [2.75, 3.05) is 39.5 Å². The minimum atomic E-state index is -0.204. The quantitative estimate of drug-likeness (QED) is 0.457. The predicted molar refractivity (Wildman–Crippen MR) is 131 cm³/mol. The molecule has 0 saturated carbocycles. The lowest BCUT2D eigenvalue weighted by Gasteiger charge is -2.26. The molecule has 5 nitrogen and oxygen atoms in total. The Labute approximate surface area is 200 Å². The maximum absolute atomic E-state index is 12.2. The molecule has 0 aliphatic carbocycles. The number of nitrogens with one attached hydrogen (secondary N) is 1. The minimum absolute atomic E-state index is 0.204. The van der Waals surface area contributed by atoms with Crippen LogP contribution < -0.4 is 10.1 Å². The van der Waals surface area contributed by atoms with E-state index in [1.807, 2.05) is 24.3 Å². The van der Waals surface area contributed by atoms with E-state index in [1.165, 1.54) is 11.8 Å². The monoisotopic (exact) mass is 494 g/mol. The largest absolute Gasteiger partial charge is 0.492 e. The highest BCUT2D eigenvalue weighted by atomic mass is 35.5. The second-order valence-electron chi connectivity index (χ2n) is 7.03. The van der Waals surface area contributed by atoms with Gasteiger partial charge in [-0.15, -0.1) is 0 Å². The molecule has 31 heavy (non-hydrogen) atoms. The van der Waals surface area contributed by atoms with Crippen LogP contribution in [0.1, 0.15) is 5.56 Å². The molecule has 2 fully saturated rings. The molecule has 2 aliphatic rings. The predicted octanol–water partition coefficient (Wildman–Crippen LogP) is 4.86. The van der Waals surface area contributed by atoms with Crippen LogP contribution in [-0.4, -0.2) is 54.6 Å². The molecule has 2 aromatic carbocycles. The first-order valence-corrected chi connectivity index (χ1v) is 11.7. The number of halogens is 2. The third-order valence-electron chi connectivity index (χ3n) is 4.95. The second-order valence-corrected chi connectivity index (χ2v) is 9.59. The van der Waals surface area contributed by atoms with Gasteiger partial charge in [0.2, 0.25) is 0 Å². The van der Waals surface area contributed by atoms with Crippen molar-refractivity contribution >= 4 is 63.5 Å². The number of ether oxygens (including phenoxy) is 2. The number of amides is 1. The van der Waals surface area contributed by atoms with Gasteiger partial charge in [-0.05, 0) is 35.9 Å². The lowest BCUT2D eigenvalue weighted by atomic mass is 10.0. The number of hydrogen-bond donors (Lipinski definition) is 1. The molecule has 0 radical (unpaired) electrons. The Morgan fingerprint density at radius 3 is 2.71 bits per heavy atom. The Hall–Kier alpha value is -1.61. The van der Waals surface area contributed by atoms with E-state index in [0.29, 0.717) is 31.6 Å². The number of thioether (sulfide) groups is 1. The summed E-state index contributed by atoms with van der Waals surface area (Å²) in [4.78, 5) is 15.0. The molecule has 4 rings (SSSR count). The lowest BCUT2D eigenvalue weighted by Crippen LogP contribution is -2.38. The van der Waals surface area contributed by atoms with Crippen molar-refractivity contribution in [3.63, 3.8) is 0 Å². The number of benzene rings is 2. The molecule has 162 valence electrons. The van der Waals surface area contributed by atoms with Gasteiger partial charge in [-0.1, -0.05) is 59.3 Å². The van der Waals surface area contributed by atoms with Gasteiger partial charge in [0.1, 0.15) is 16.7 Å². The van der Waals surface area contributed by atoms with Crippen LogP contribution >= 0.6 is 47.2 Å². The number of rotatable bonds is 6. The number of morpholine rings is 1. The third kappa shape index (κ3) is 5.80. The molecule has 2 heterocycles. The summed E-state index contributed by atoms with van der Waals surface area (Å²) < 4.78 is 11.9. The summed E-state index contributed by atoms with van der Waals surface area (Å²) in [5.74, 6) is 0.491. The third-order valence-corrected chi connectivity index (χ3v) is 6.66. The molecule has 2 aliphatic heterocycles. The van der Waals surface area contributed by atoms with Crippen LogP contribution in [0.3, 0.4) is 0 Å². The average Bonchev–Trinajstić information content (AvgIpc) is 3.06. The van der Waals surface area contributed by atoms with Crippen molar-refractivity contribution in [3.05, 3.63) is 56.9 Å². The van der Waals surface area contributed by atoms with Crippen LogP contribution in [0.15, 0.2) is 41.3 Å². The standard InChI is InChI=1S/C22H20Cl2N2O3S2/c23-16-2-3-17(18(24)13-16)14-1-4-19(29-10-7-26-5-8-28-9-6-26)15(11-14)12-20-21(27)25-22(30)31-20/h1-4,11-13H,5-10H2,(H,25,27,30). The molecule has 0 atom stereocenters. The summed E-state index contributed by atoms with van der Waals surface area (Å²) in [6, 6.07) is 11.2. The highest BCUT2D eigenvalue weighted by Crippen LogP contribution is 2.35. The van der Waals surface area contributed by atoms with Crippen LogP contribution in [0.2, 0.25) is 10.0 Å². The maximum Gasteiger partial charge on any atom is 0.263 e. The van der Waals surface area contributed by atoms with Gasteiger partial charge in [-0.25, -0.2) is 0 Å². The number of thiocarbonyl (C=S) groups is 1. The molecular formula is C22H20Cl2N2O3S2. The van der Waals surface area contributed by atoms with Crippen molar-refractivity contribution in [3.8, 4) is 16.9 Å². The smallest absolute Gasteiger partial charge is 0.263 e. The van der Waals surface area contributed by atoms with E-state index in [-0.39, 0.29) is 5.91 Å². The fourth-order valence-corrected chi connectivity index (χ4v) is 4.91. The van der Waals surface area contributed by atoms with Gasteiger partial charge in [0, 0.05) is 40.8 Å². The van der Waals surface area contributed by atoms with Crippen molar-refractivity contribution in [2.24, 2.45) is 0 Å². The molecule has 2 saturated heterocycles. The van der Waals surface area contributed by atoms with Gasteiger partial charge in [0.25, 0.3) is 5.91 Å².